The van der Waals surface area contributed by atoms with Crippen molar-refractivity contribution in [3.63, 3.8) is 0 Å². The fraction of sp³-hybridized carbons (Fsp3) is 0.209. The van der Waals surface area contributed by atoms with Crippen LogP contribution in [0.15, 0.2) is 151 Å². The Morgan fingerprint density at radius 3 is 1.86 bits per heavy atom. The quantitative estimate of drug-likeness (QED) is 0.105. The second-order valence-corrected chi connectivity index (χ2v) is 12.8. The van der Waals surface area contributed by atoms with Crippen LogP contribution >= 0.6 is 0 Å². The number of methoxy groups -OCH3 is 1. The SMILES string of the molecule is CCCCN1NC(Cc2ccc(-c3ccccc3-c3nnn(C(c4ccccc4)(c4ccccc4)c4ccccc4)n3)cc2)C(C(=O)OC)=C1C. The average Bonchev–Trinajstić information content (AvgIpc) is 3.80. The molecule has 8 nitrogen and oxygen atoms in total. The molecule has 1 aromatic heterocycles. The minimum absolute atomic E-state index is 0.161. The summed E-state index contributed by atoms with van der Waals surface area (Å²) < 4.78 is 5.17. The highest BCUT2D eigenvalue weighted by molar-refractivity contribution is 5.91. The molecule has 1 unspecified atom stereocenters. The van der Waals surface area contributed by atoms with Gasteiger partial charge in [0.1, 0.15) is 0 Å². The summed E-state index contributed by atoms with van der Waals surface area (Å²) in [6.45, 7) is 5.00. The minimum Gasteiger partial charge on any atom is -0.466 e. The van der Waals surface area contributed by atoms with E-state index < -0.39 is 5.54 Å². The number of hydrogen-bond donors (Lipinski definition) is 1. The molecule has 51 heavy (non-hydrogen) atoms. The van der Waals surface area contributed by atoms with E-state index in [1.807, 2.05) is 79.7 Å². The number of nitrogens with zero attached hydrogens (tertiary/aromatic N) is 5. The molecule has 8 heteroatoms. The van der Waals surface area contributed by atoms with Gasteiger partial charge in [0.2, 0.25) is 5.82 Å². The highest BCUT2D eigenvalue weighted by Gasteiger charge is 2.41. The molecular weight excluding hydrogens is 633 g/mol. The minimum atomic E-state index is -0.859. The van der Waals surface area contributed by atoms with Crippen LogP contribution in [0.4, 0.5) is 0 Å². The third-order valence-corrected chi connectivity index (χ3v) is 9.76. The third-order valence-electron chi connectivity index (χ3n) is 9.76. The molecule has 7 rings (SSSR count). The summed E-state index contributed by atoms with van der Waals surface area (Å²) in [5.74, 6) is 0.249. The van der Waals surface area contributed by atoms with E-state index in [9.17, 15) is 4.79 Å². The Bertz CT molecular complexity index is 2010. The van der Waals surface area contributed by atoms with Gasteiger partial charge in [-0.15, -0.1) is 15.0 Å². The van der Waals surface area contributed by atoms with Gasteiger partial charge in [0, 0.05) is 17.8 Å². The fourth-order valence-corrected chi connectivity index (χ4v) is 7.18. The first kappa shape index (κ1) is 33.6. The molecule has 0 aliphatic carbocycles. The van der Waals surface area contributed by atoms with Gasteiger partial charge < -0.3 is 9.75 Å². The van der Waals surface area contributed by atoms with Crippen LogP contribution in [0.25, 0.3) is 22.5 Å². The topological polar surface area (TPSA) is 85.2 Å². The van der Waals surface area contributed by atoms with E-state index >= 15 is 0 Å². The second kappa shape index (κ2) is 14.9. The van der Waals surface area contributed by atoms with Crippen molar-refractivity contribution >= 4 is 5.97 Å². The molecule has 1 aliphatic heterocycles. The van der Waals surface area contributed by atoms with Crippen molar-refractivity contribution < 1.29 is 9.53 Å². The van der Waals surface area contributed by atoms with Crippen molar-refractivity contribution in [2.75, 3.05) is 13.7 Å². The van der Waals surface area contributed by atoms with Gasteiger partial charge in [-0.25, -0.2) is 10.2 Å². The molecule has 0 saturated carbocycles. The van der Waals surface area contributed by atoms with E-state index in [4.69, 9.17) is 20.1 Å². The number of carbonyl (C=O) groups is 1. The molecule has 1 atom stereocenters. The number of nitrogens with one attached hydrogen (secondary N) is 1. The highest BCUT2D eigenvalue weighted by atomic mass is 16.5. The second-order valence-electron chi connectivity index (χ2n) is 12.8. The Hall–Kier alpha value is -5.86. The summed E-state index contributed by atoms with van der Waals surface area (Å²) in [6.07, 6.45) is 2.77. The van der Waals surface area contributed by atoms with Gasteiger partial charge in [0.25, 0.3) is 0 Å². The molecule has 5 aromatic carbocycles. The fourth-order valence-electron chi connectivity index (χ4n) is 7.18. The number of hydrazine groups is 1. The van der Waals surface area contributed by atoms with Crippen molar-refractivity contribution in [3.8, 4) is 22.5 Å². The predicted octanol–water partition coefficient (Wildman–Crippen LogP) is 7.83. The standard InChI is InChI=1S/C43H42N6O2/c1-4-5-29-48-31(2)40(42(50)51-3)39(45-48)30-32-25-27-33(28-26-32)37-23-15-16-24-38(37)41-44-47-49(46-41)43(34-17-9-6-10-18-34,35-19-11-7-12-20-35)36-21-13-8-14-22-36/h6-28,39,45H,4-5,29-30H2,1-3H3. The molecule has 0 saturated heterocycles. The van der Waals surface area contributed by atoms with E-state index in [0.717, 1.165) is 64.0 Å². The summed E-state index contributed by atoms with van der Waals surface area (Å²) in [5, 5.41) is 16.7. The van der Waals surface area contributed by atoms with Crippen molar-refractivity contribution in [2.24, 2.45) is 0 Å². The van der Waals surface area contributed by atoms with Crippen LogP contribution in [0.1, 0.15) is 48.9 Å². The van der Waals surface area contributed by atoms with Gasteiger partial charge in [-0.2, -0.15) is 0 Å². The van der Waals surface area contributed by atoms with Crippen LogP contribution in [0.5, 0.6) is 0 Å². The van der Waals surface area contributed by atoms with Gasteiger partial charge in [-0.3, -0.25) is 0 Å². The van der Waals surface area contributed by atoms with E-state index in [-0.39, 0.29) is 12.0 Å². The largest absolute Gasteiger partial charge is 0.466 e. The zero-order chi connectivity index (χ0) is 35.2. The number of aromatic nitrogens is 4. The van der Waals surface area contributed by atoms with E-state index in [0.29, 0.717) is 17.8 Å². The lowest BCUT2D eigenvalue weighted by Crippen LogP contribution is -2.39. The van der Waals surface area contributed by atoms with Crippen LogP contribution in [0, 0.1) is 0 Å². The number of carbonyl (C=O) groups excluding carboxylic acids is 1. The van der Waals surface area contributed by atoms with Crippen molar-refractivity contribution in [3.05, 3.63) is 173 Å². The molecule has 256 valence electrons. The molecular formula is C43H42N6O2. The van der Waals surface area contributed by atoms with E-state index in [1.165, 1.54) is 7.11 Å². The van der Waals surface area contributed by atoms with E-state index in [1.54, 1.807) is 4.80 Å². The lowest BCUT2D eigenvalue weighted by Gasteiger charge is -2.34. The first-order valence-electron chi connectivity index (χ1n) is 17.5. The zero-order valence-corrected chi connectivity index (χ0v) is 29.2. The van der Waals surface area contributed by atoms with Crippen LogP contribution in [0.2, 0.25) is 0 Å². The third kappa shape index (κ3) is 6.46. The molecule has 2 heterocycles. The Labute approximate surface area is 299 Å². The first-order valence-corrected chi connectivity index (χ1v) is 17.5. The molecule has 1 aliphatic rings. The van der Waals surface area contributed by atoms with Crippen molar-refractivity contribution in [1.82, 2.24) is 30.6 Å². The lowest BCUT2D eigenvalue weighted by atomic mass is 9.77. The number of allylic oxidation sites excluding steroid dienone is 1. The molecule has 0 fully saturated rings. The number of rotatable bonds is 12. The molecule has 1 N–H and O–H groups in total. The summed E-state index contributed by atoms with van der Waals surface area (Å²) >= 11 is 0. The predicted molar refractivity (Wildman–Crippen MR) is 200 cm³/mol. The summed E-state index contributed by atoms with van der Waals surface area (Å²) in [5.41, 5.74) is 11.4. The number of unbranched alkanes of at least 4 members (excludes halogenated alkanes) is 1. The van der Waals surface area contributed by atoms with Crippen molar-refractivity contribution in [1.29, 1.82) is 0 Å². The molecule has 0 bridgehead atoms. The maximum absolute atomic E-state index is 12.8. The maximum Gasteiger partial charge on any atom is 0.337 e. The van der Waals surface area contributed by atoms with Gasteiger partial charge >= 0.3 is 5.97 Å². The highest BCUT2D eigenvalue weighted by Crippen LogP contribution is 2.40. The average molecular weight is 675 g/mol. The Morgan fingerprint density at radius 1 is 0.765 bits per heavy atom. The summed E-state index contributed by atoms with van der Waals surface area (Å²) in [7, 11) is 1.44. The smallest absolute Gasteiger partial charge is 0.337 e. The number of hydrogen-bond acceptors (Lipinski definition) is 7. The van der Waals surface area contributed by atoms with Crippen LogP contribution in [-0.2, 0) is 21.5 Å². The van der Waals surface area contributed by atoms with Crippen LogP contribution in [0.3, 0.4) is 0 Å². The van der Waals surface area contributed by atoms with Gasteiger partial charge in [0.15, 0.2) is 5.54 Å². The van der Waals surface area contributed by atoms with Crippen molar-refractivity contribution in [2.45, 2.75) is 44.7 Å². The monoisotopic (exact) mass is 674 g/mol. The Kier molecular flexibility index (Phi) is 9.85. The normalized spacial score (nSPS) is 14.6. The summed E-state index contributed by atoms with van der Waals surface area (Å²) in [4.78, 5) is 14.6. The van der Waals surface area contributed by atoms with E-state index in [2.05, 4.69) is 84.1 Å². The zero-order valence-electron chi connectivity index (χ0n) is 29.2. The number of ether oxygens (including phenoxy) is 1. The molecule has 0 radical (unpaired) electrons. The first-order chi connectivity index (χ1) is 25.0. The number of esters is 1. The molecule has 0 spiro atoms. The maximum atomic E-state index is 12.8. The Balaban J connectivity index is 1.23. The van der Waals surface area contributed by atoms with Crippen LogP contribution in [-0.4, -0.2) is 50.9 Å². The lowest BCUT2D eigenvalue weighted by molar-refractivity contribution is -0.136. The van der Waals surface area contributed by atoms with Gasteiger partial charge in [-0.05, 0) is 58.4 Å². The number of benzene rings is 5. The van der Waals surface area contributed by atoms with Gasteiger partial charge in [-0.1, -0.05) is 153 Å². The molecule has 6 aromatic rings. The van der Waals surface area contributed by atoms with Gasteiger partial charge in [0.05, 0.1) is 18.7 Å². The van der Waals surface area contributed by atoms with Crippen LogP contribution < -0.4 is 5.43 Å². The Morgan fingerprint density at radius 2 is 1.31 bits per heavy atom. The summed E-state index contributed by atoms with van der Waals surface area (Å²) in [6, 6.07) is 47.6. The molecule has 0 amide bonds. The number of tetrazole rings is 1.